The molecule has 11 heteroatoms. The van der Waals surface area contributed by atoms with Crippen molar-refractivity contribution in [2.75, 3.05) is 31.1 Å². The van der Waals surface area contributed by atoms with Crippen LogP contribution in [0.1, 0.15) is 33.1 Å². The van der Waals surface area contributed by atoms with Crippen LogP contribution in [0.25, 0.3) is 0 Å². The highest BCUT2D eigenvalue weighted by atomic mass is 32.2. The quantitative estimate of drug-likeness (QED) is 0.596. The highest BCUT2D eigenvalue weighted by Crippen LogP contribution is 2.34. The van der Waals surface area contributed by atoms with Gasteiger partial charge in [-0.2, -0.15) is 17.5 Å². The van der Waals surface area contributed by atoms with Crippen molar-refractivity contribution in [3.63, 3.8) is 0 Å². The lowest BCUT2D eigenvalue weighted by Crippen LogP contribution is -2.44. The summed E-state index contributed by atoms with van der Waals surface area (Å²) in [6.45, 7) is 2.78. The summed E-state index contributed by atoms with van der Waals surface area (Å²) in [7, 11) is -3.65. The van der Waals surface area contributed by atoms with Gasteiger partial charge in [0.1, 0.15) is 6.54 Å². The van der Waals surface area contributed by atoms with Crippen molar-refractivity contribution in [3.05, 3.63) is 24.3 Å². The number of benzene rings is 1. The molecule has 7 nitrogen and oxygen atoms in total. The lowest BCUT2D eigenvalue weighted by molar-refractivity contribution is -0.164. The van der Waals surface area contributed by atoms with E-state index in [1.54, 1.807) is 13.8 Å². The summed E-state index contributed by atoms with van der Waals surface area (Å²) in [6, 6.07) is 5.34. The Morgan fingerprint density at radius 2 is 1.71 bits per heavy atom. The van der Waals surface area contributed by atoms with Crippen LogP contribution in [-0.4, -0.2) is 67.8 Å². The van der Waals surface area contributed by atoms with Gasteiger partial charge in [0, 0.05) is 37.8 Å². The molecule has 0 unspecified atom stereocenters. The second kappa shape index (κ2) is 8.78. The molecule has 1 aromatic carbocycles. The molecule has 0 aromatic heterocycles. The van der Waals surface area contributed by atoms with E-state index in [4.69, 9.17) is 0 Å². The van der Waals surface area contributed by atoms with Crippen LogP contribution in [-0.2, 0) is 19.6 Å². The van der Waals surface area contributed by atoms with E-state index >= 15 is 0 Å². The van der Waals surface area contributed by atoms with Gasteiger partial charge in [-0.1, -0.05) is 13.8 Å². The van der Waals surface area contributed by atoms with Crippen LogP contribution in [0.15, 0.2) is 29.2 Å². The number of halogens is 3. The second-order valence-corrected chi connectivity index (χ2v) is 9.74. The minimum absolute atomic E-state index is 0.0269. The summed E-state index contributed by atoms with van der Waals surface area (Å²) in [4.78, 5) is 27.5. The molecule has 1 aliphatic carbocycles. The maximum atomic E-state index is 12.9. The van der Waals surface area contributed by atoms with Crippen molar-refractivity contribution in [3.8, 4) is 0 Å². The number of anilines is 1. The maximum absolute atomic E-state index is 12.9. The van der Waals surface area contributed by atoms with Crippen LogP contribution >= 0.6 is 0 Å². The van der Waals surface area contributed by atoms with Gasteiger partial charge in [-0.25, -0.2) is 8.42 Å². The van der Waals surface area contributed by atoms with Crippen LogP contribution in [0, 0.1) is 5.92 Å². The summed E-state index contributed by atoms with van der Waals surface area (Å²) in [5, 5.41) is 0. The van der Waals surface area contributed by atoms with Crippen LogP contribution in [0.4, 0.5) is 18.9 Å². The third-order valence-corrected chi connectivity index (χ3v) is 7.65. The molecule has 3 rings (SSSR count). The van der Waals surface area contributed by atoms with Gasteiger partial charge in [0.15, 0.2) is 0 Å². The van der Waals surface area contributed by atoms with Crippen LogP contribution in [0.5, 0.6) is 0 Å². The first-order valence-corrected chi connectivity index (χ1v) is 11.7. The Morgan fingerprint density at radius 1 is 1.13 bits per heavy atom. The Kier molecular flexibility index (Phi) is 6.66. The highest BCUT2D eigenvalue weighted by Gasteiger charge is 2.45. The van der Waals surface area contributed by atoms with E-state index in [1.807, 2.05) is 0 Å². The van der Waals surface area contributed by atoms with Crippen molar-refractivity contribution in [2.24, 2.45) is 5.92 Å². The minimum Gasteiger partial charge on any atom is -0.330 e. The normalized spacial score (nSPS) is 19.9. The zero-order valence-corrected chi connectivity index (χ0v) is 18.2. The van der Waals surface area contributed by atoms with Crippen molar-refractivity contribution in [1.29, 1.82) is 0 Å². The zero-order valence-electron chi connectivity index (χ0n) is 17.4. The van der Waals surface area contributed by atoms with Crippen LogP contribution in [0.3, 0.4) is 0 Å². The molecule has 2 aliphatic rings. The van der Waals surface area contributed by atoms with Crippen LogP contribution < -0.4 is 4.90 Å². The average molecular weight is 462 g/mol. The number of alkyl halides is 3. The molecule has 172 valence electrons. The molecule has 31 heavy (non-hydrogen) atoms. The molecule has 0 bridgehead atoms. The number of nitrogens with zero attached hydrogens (tertiary/aromatic N) is 3. The molecule has 1 aliphatic heterocycles. The minimum atomic E-state index is -4.49. The number of sulfonamides is 1. The average Bonchev–Trinajstić information content (AvgIpc) is 3.47. The van der Waals surface area contributed by atoms with E-state index in [9.17, 15) is 31.2 Å². The Labute approximate surface area is 179 Å². The molecule has 1 saturated carbocycles. The van der Waals surface area contributed by atoms with Gasteiger partial charge < -0.3 is 9.80 Å². The standard InChI is InChI=1S/C20H26F3N3O4S/c1-3-24(4-2)31(29,30)17-9-7-15(8-10-17)25-12-14(11-18(25)27)19(28)26(16-5-6-16)13-20(21,22)23/h7-10,14,16H,3-6,11-13H2,1-2H3/t14-/m0/s1. The van der Waals surface area contributed by atoms with Crippen molar-refractivity contribution < 1.29 is 31.2 Å². The molecule has 1 saturated heterocycles. The van der Waals surface area contributed by atoms with Crippen molar-refractivity contribution in [2.45, 2.75) is 50.2 Å². The highest BCUT2D eigenvalue weighted by molar-refractivity contribution is 7.89. The van der Waals surface area contributed by atoms with E-state index in [0.717, 1.165) is 4.90 Å². The third-order valence-electron chi connectivity index (χ3n) is 5.59. The van der Waals surface area contributed by atoms with Crippen molar-refractivity contribution >= 4 is 27.5 Å². The number of hydrogen-bond donors (Lipinski definition) is 0. The lowest BCUT2D eigenvalue weighted by Gasteiger charge is -2.26. The summed E-state index contributed by atoms with van der Waals surface area (Å²) >= 11 is 0. The lowest BCUT2D eigenvalue weighted by atomic mass is 10.1. The van der Waals surface area contributed by atoms with Crippen LogP contribution in [0.2, 0.25) is 0 Å². The Hall–Kier alpha value is -2.14. The molecule has 2 amide bonds. The van der Waals surface area contributed by atoms with Gasteiger partial charge in [-0.15, -0.1) is 0 Å². The summed E-state index contributed by atoms with van der Waals surface area (Å²) in [5.74, 6) is -1.88. The number of rotatable bonds is 8. The van der Waals surface area contributed by atoms with Crippen molar-refractivity contribution in [1.82, 2.24) is 9.21 Å². The van der Waals surface area contributed by atoms with Gasteiger partial charge in [-0.05, 0) is 37.1 Å². The number of carbonyl (C=O) groups is 2. The Balaban J connectivity index is 1.73. The van der Waals surface area contributed by atoms with E-state index in [0.29, 0.717) is 31.6 Å². The number of amides is 2. The summed E-state index contributed by atoms with van der Waals surface area (Å²) in [5.41, 5.74) is 0.410. The van der Waals surface area contributed by atoms with E-state index in [-0.39, 0.29) is 23.8 Å². The molecular formula is C20H26F3N3O4S. The van der Waals surface area contributed by atoms with Gasteiger partial charge in [0.2, 0.25) is 21.8 Å². The first-order chi connectivity index (χ1) is 14.5. The van der Waals surface area contributed by atoms with E-state index in [1.165, 1.54) is 33.5 Å². The molecule has 1 atom stereocenters. The predicted octanol–water partition coefficient (Wildman–Crippen LogP) is 2.62. The SMILES string of the molecule is CCN(CC)S(=O)(=O)c1ccc(N2C[C@@H](C(=O)N(CC(F)(F)F)C3CC3)CC2=O)cc1. The second-order valence-electron chi connectivity index (χ2n) is 7.80. The summed E-state index contributed by atoms with van der Waals surface area (Å²) < 4.78 is 65.1. The first-order valence-electron chi connectivity index (χ1n) is 10.3. The monoisotopic (exact) mass is 461 g/mol. The largest absolute Gasteiger partial charge is 0.406 e. The maximum Gasteiger partial charge on any atom is 0.406 e. The number of carbonyl (C=O) groups excluding carboxylic acids is 2. The molecule has 0 N–H and O–H groups in total. The third kappa shape index (κ3) is 5.20. The van der Waals surface area contributed by atoms with E-state index < -0.39 is 40.6 Å². The fourth-order valence-corrected chi connectivity index (χ4v) is 5.29. The predicted molar refractivity (Wildman–Crippen MR) is 108 cm³/mol. The molecule has 0 spiro atoms. The van der Waals surface area contributed by atoms with E-state index in [2.05, 4.69) is 0 Å². The Bertz CT molecular complexity index is 926. The fourth-order valence-electron chi connectivity index (χ4n) is 3.83. The number of hydrogen-bond acceptors (Lipinski definition) is 4. The summed E-state index contributed by atoms with van der Waals surface area (Å²) in [6.07, 6.45) is -3.59. The molecule has 2 fully saturated rings. The molecule has 1 heterocycles. The van der Waals surface area contributed by atoms with Gasteiger partial charge in [0.25, 0.3) is 0 Å². The topological polar surface area (TPSA) is 78.0 Å². The first kappa shape index (κ1) is 23.5. The zero-order chi connectivity index (χ0) is 23.0. The smallest absolute Gasteiger partial charge is 0.330 e. The molecular weight excluding hydrogens is 435 g/mol. The van der Waals surface area contributed by atoms with Gasteiger partial charge >= 0.3 is 6.18 Å². The molecule has 1 aromatic rings. The molecule has 0 radical (unpaired) electrons. The Morgan fingerprint density at radius 3 is 2.19 bits per heavy atom. The fraction of sp³-hybridized carbons (Fsp3) is 0.600. The van der Waals surface area contributed by atoms with Gasteiger partial charge in [0.05, 0.1) is 10.8 Å². The van der Waals surface area contributed by atoms with Gasteiger partial charge in [-0.3, -0.25) is 9.59 Å².